The van der Waals surface area contributed by atoms with Crippen LogP contribution in [0.2, 0.25) is 0 Å². The second-order valence-electron chi connectivity index (χ2n) is 9.12. The standard InChI is InChI=1S/C28H29N5S/c1-18-13-19(2)15-23(14-18)33-20(3)16-24(21(33)4)27-26(25-7-5-6-10-30-25)31-28(34)32(27)17-22-8-11-29-12-9-22/h5-16,26-27H,17H2,1-4H3,(H,31,34)/t26-,27-/m0/s1. The molecule has 172 valence electrons. The Bertz CT molecular complexity index is 1310. The smallest absolute Gasteiger partial charge is 0.170 e. The van der Waals surface area contributed by atoms with Gasteiger partial charge in [0.05, 0.1) is 17.8 Å². The van der Waals surface area contributed by atoms with Gasteiger partial charge in [-0.05, 0) is 105 Å². The summed E-state index contributed by atoms with van der Waals surface area (Å²) in [6.07, 6.45) is 5.51. The van der Waals surface area contributed by atoms with E-state index in [-0.39, 0.29) is 12.1 Å². The van der Waals surface area contributed by atoms with Crippen LogP contribution in [0.25, 0.3) is 5.69 Å². The molecule has 0 bridgehead atoms. The lowest BCUT2D eigenvalue weighted by molar-refractivity contribution is 0.310. The number of aryl methyl sites for hydroxylation is 3. The van der Waals surface area contributed by atoms with Crippen LogP contribution in [0.15, 0.2) is 73.2 Å². The van der Waals surface area contributed by atoms with Crippen molar-refractivity contribution in [3.8, 4) is 5.69 Å². The molecule has 1 aliphatic heterocycles. The Hall–Kier alpha value is -3.51. The zero-order valence-electron chi connectivity index (χ0n) is 20.0. The summed E-state index contributed by atoms with van der Waals surface area (Å²) in [5.41, 5.74) is 9.57. The maximum atomic E-state index is 5.87. The average Bonchev–Trinajstić information content (AvgIpc) is 3.29. The van der Waals surface area contributed by atoms with Crippen LogP contribution < -0.4 is 5.32 Å². The van der Waals surface area contributed by atoms with Gasteiger partial charge in [-0.25, -0.2) is 0 Å². The van der Waals surface area contributed by atoms with Gasteiger partial charge in [-0.15, -0.1) is 0 Å². The Balaban J connectivity index is 1.63. The monoisotopic (exact) mass is 467 g/mol. The van der Waals surface area contributed by atoms with E-state index in [1.807, 2.05) is 42.9 Å². The van der Waals surface area contributed by atoms with E-state index in [1.165, 1.54) is 39.3 Å². The average molecular weight is 468 g/mol. The number of aromatic nitrogens is 3. The molecule has 1 N–H and O–H groups in total. The molecule has 4 aromatic rings. The van der Waals surface area contributed by atoms with Crippen molar-refractivity contribution in [3.63, 3.8) is 0 Å². The molecule has 34 heavy (non-hydrogen) atoms. The van der Waals surface area contributed by atoms with Crippen molar-refractivity contribution >= 4 is 17.3 Å². The molecular formula is C28H29N5S. The molecule has 1 aliphatic rings. The Kier molecular flexibility index (Phi) is 5.92. The van der Waals surface area contributed by atoms with Gasteiger partial charge in [0.1, 0.15) is 0 Å². The molecule has 0 spiro atoms. The Morgan fingerprint density at radius 3 is 2.32 bits per heavy atom. The van der Waals surface area contributed by atoms with Crippen molar-refractivity contribution < 1.29 is 0 Å². The van der Waals surface area contributed by atoms with E-state index in [1.54, 1.807) is 0 Å². The molecule has 0 aliphatic carbocycles. The second kappa shape index (κ2) is 9.03. The highest BCUT2D eigenvalue weighted by Gasteiger charge is 2.41. The first-order chi connectivity index (χ1) is 16.4. The molecule has 6 heteroatoms. The SMILES string of the molecule is Cc1cc(C)cc(-n2c(C)cc([C@H]3[C@H](c4ccccn4)NC(=S)N3Cc3ccncc3)c2C)c1. The van der Waals surface area contributed by atoms with E-state index >= 15 is 0 Å². The van der Waals surface area contributed by atoms with Crippen molar-refractivity contribution in [1.82, 2.24) is 24.8 Å². The van der Waals surface area contributed by atoms with Crippen LogP contribution in [0, 0.1) is 27.7 Å². The van der Waals surface area contributed by atoms with Crippen LogP contribution >= 0.6 is 12.2 Å². The first-order valence-corrected chi connectivity index (χ1v) is 12.0. The summed E-state index contributed by atoms with van der Waals surface area (Å²) in [4.78, 5) is 11.2. The maximum Gasteiger partial charge on any atom is 0.170 e. The predicted octanol–water partition coefficient (Wildman–Crippen LogP) is 5.67. The van der Waals surface area contributed by atoms with Crippen molar-refractivity contribution in [3.05, 3.63) is 113 Å². The van der Waals surface area contributed by atoms with Gasteiger partial charge in [-0.1, -0.05) is 12.1 Å². The largest absolute Gasteiger partial charge is 0.352 e. The minimum atomic E-state index is -0.0382. The van der Waals surface area contributed by atoms with E-state index in [0.717, 1.165) is 10.8 Å². The summed E-state index contributed by atoms with van der Waals surface area (Å²) in [7, 11) is 0. The third-order valence-electron chi connectivity index (χ3n) is 6.55. The maximum absolute atomic E-state index is 5.87. The molecule has 1 fully saturated rings. The Morgan fingerprint density at radius 1 is 0.912 bits per heavy atom. The summed E-state index contributed by atoms with van der Waals surface area (Å²) in [5.74, 6) is 0. The van der Waals surface area contributed by atoms with E-state index in [0.29, 0.717) is 6.54 Å². The molecule has 3 aromatic heterocycles. The fourth-order valence-corrected chi connectivity index (χ4v) is 5.47. The number of thiocarbonyl (C=S) groups is 1. The van der Waals surface area contributed by atoms with E-state index in [9.17, 15) is 0 Å². The number of benzene rings is 1. The molecule has 0 radical (unpaired) electrons. The lowest BCUT2D eigenvalue weighted by Gasteiger charge is -2.28. The number of hydrogen-bond donors (Lipinski definition) is 1. The van der Waals surface area contributed by atoms with E-state index < -0.39 is 0 Å². The molecule has 0 saturated carbocycles. The summed E-state index contributed by atoms with van der Waals surface area (Å²) < 4.78 is 2.36. The summed E-state index contributed by atoms with van der Waals surface area (Å²) in [5, 5.41) is 4.32. The van der Waals surface area contributed by atoms with Gasteiger partial charge in [0.25, 0.3) is 0 Å². The van der Waals surface area contributed by atoms with Gasteiger partial charge >= 0.3 is 0 Å². The van der Waals surface area contributed by atoms with Crippen LogP contribution in [0.4, 0.5) is 0 Å². The van der Waals surface area contributed by atoms with E-state index in [4.69, 9.17) is 12.2 Å². The number of pyridine rings is 2. The fourth-order valence-electron chi connectivity index (χ4n) is 5.16. The first kappa shape index (κ1) is 22.3. The molecule has 1 saturated heterocycles. The third kappa shape index (κ3) is 4.10. The van der Waals surface area contributed by atoms with E-state index in [2.05, 4.69) is 82.8 Å². The Labute approximate surface area is 206 Å². The zero-order valence-corrected chi connectivity index (χ0v) is 20.8. The third-order valence-corrected chi connectivity index (χ3v) is 6.91. The number of rotatable bonds is 5. The van der Waals surface area contributed by atoms with Gasteiger partial charge in [-0.3, -0.25) is 9.97 Å². The van der Waals surface area contributed by atoms with Crippen LogP contribution in [0.3, 0.4) is 0 Å². The summed E-state index contributed by atoms with van der Waals surface area (Å²) in [6.45, 7) is 9.39. The van der Waals surface area contributed by atoms with Gasteiger partial charge in [0.15, 0.2) is 5.11 Å². The van der Waals surface area contributed by atoms with Gasteiger partial charge in [-0.2, -0.15) is 0 Å². The highest BCUT2D eigenvalue weighted by molar-refractivity contribution is 7.80. The number of nitrogens with one attached hydrogen (secondary N) is 1. The van der Waals surface area contributed by atoms with Crippen molar-refractivity contribution in [1.29, 1.82) is 0 Å². The second-order valence-corrected chi connectivity index (χ2v) is 9.50. The predicted molar refractivity (Wildman–Crippen MR) is 140 cm³/mol. The lowest BCUT2D eigenvalue weighted by Crippen LogP contribution is -2.29. The van der Waals surface area contributed by atoms with Gasteiger partial charge < -0.3 is 14.8 Å². The summed E-state index contributed by atoms with van der Waals surface area (Å²) >= 11 is 5.87. The highest BCUT2D eigenvalue weighted by Crippen LogP contribution is 2.42. The van der Waals surface area contributed by atoms with Crippen molar-refractivity contribution in [2.75, 3.05) is 0 Å². The van der Waals surface area contributed by atoms with Crippen molar-refractivity contribution in [2.24, 2.45) is 0 Å². The van der Waals surface area contributed by atoms with Crippen molar-refractivity contribution in [2.45, 2.75) is 46.3 Å². The minimum absolute atomic E-state index is 0.0152. The van der Waals surface area contributed by atoms with Gasteiger partial charge in [0, 0.05) is 42.2 Å². The van der Waals surface area contributed by atoms with Gasteiger partial charge in [0.2, 0.25) is 0 Å². The highest BCUT2D eigenvalue weighted by atomic mass is 32.1. The topological polar surface area (TPSA) is 46.0 Å². The molecule has 4 heterocycles. The molecule has 0 amide bonds. The summed E-state index contributed by atoms with van der Waals surface area (Å²) in [6, 6.07) is 19.2. The number of nitrogens with zero attached hydrogens (tertiary/aromatic N) is 4. The normalized spacial score (nSPS) is 17.8. The molecule has 5 nitrogen and oxygen atoms in total. The zero-order chi connectivity index (χ0) is 23.8. The molecule has 5 rings (SSSR count). The quantitative estimate of drug-likeness (QED) is 0.383. The molecule has 0 unspecified atom stereocenters. The number of hydrogen-bond acceptors (Lipinski definition) is 3. The Morgan fingerprint density at radius 2 is 1.65 bits per heavy atom. The fraction of sp³-hybridized carbons (Fsp3) is 0.250. The first-order valence-electron chi connectivity index (χ1n) is 11.6. The molecule has 1 aromatic carbocycles. The van der Waals surface area contributed by atoms with Crippen LogP contribution in [-0.4, -0.2) is 24.5 Å². The molecule has 2 atom stereocenters. The minimum Gasteiger partial charge on any atom is -0.352 e. The van der Waals surface area contributed by atoms with Crippen LogP contribution in [-0.2, 0) is 6.54 Å². The van der Waals surface area contributed by atoms with Crippen LogP contribution in [0.5, 0.6) is 0 Å². The lowest BCUT2D eigenvalue weighted by atomic mass is 9.96. The van der Waals surface area contributed by atoms with Crippen LogP contribution in [0.1, 0.15) is 51.4 Å². The molecular weight excluding hydrogens is 438 g/mol.